The Morgan fingerprint density at radius 2 is 2.03 bits per heavy atom. The minimum atomic E-state index is -0.485. The molecule has 1 fully saturated rings. The summed E-state index contributed by atoms with van der Waals surface area (Å²) in [6.07, 6.45) is 3.08. The highest BCUT2D eigenvalue weighted by molar-refractivity contribution is 8.01. The second-order valence-electron chi connectivity index (χ2n) is 10.0. The molecule has 1 atom stereocenters. The van der Waals surface area contributed by atoms with Gasteiger partial charge in [-0.25, -0.2) is 4.98 Å². The molecule has 35 heavy (non-hydrogen) atoms. The van der Waals surface area contributed by atoms with Crippen LogP contribution in [0.2, 0.25) is 5.02 Å². The second kappa shape index (κ2) is 10.1. The van der Waals surface area contributed by atoms with Gasteiger partial charge in [0.25, 0.3) is 0 Å². The number of anilines is 1. The van der Waals surface area contributed by atoms with E-state index in [9.17, 15) is 14.4 Å². The van der Waals surface area contributed by atoms with Gasteiger partial charge in [0, 0.05) is 48.4 Å². The maximum absolute atomic E-state index is 13.4. The van der Waals surface area contributed by atoms with Crippen LogP contribution in [0.1, 0.15) is 51.1 Å². The molecule has 188 valence electrons. The van der Waals surface area contributed by atoms with E-state index >= 15 is 0 Å². The van der Waals surface area contributed by atoms with Crippen LogP contribution in [0.5, 0.6) is 0 Å². The Labute approximate surface area is 219 Å². The van der Waals surface area contributed by atoms with Gasteiger partial charge < -0.3 is 14.5 Å². The van der Waals surface area contributed by atoms with Gasteiger partial charge >= 0.3 is 5.97 Å². The zero-order chi connectivity index (χ0) is 25.4. The Kier molecular flexibility index (Phi) is 7.50. The fraction of sp³-hybridized carbons (Fsp3) is 0.520. The monoisotopic (exact) mass is 535 g/mol. The lowest BCUT2D eigenvalue weighted by atomic mass is 9.81. The van der Waals surface area contributed by atoms with E-state index in [0.29, 0.717) is 36.8 Å². The average Bonchev–Trinajstić information content (AvgIpc) is 3.46. The van der Waals surface area contributed by atoms with Crippen molar-refractivity contribution in [3.05, 3.63) is 40.0 Å². The van der Waals surface area contributed by atoms with Gasteiger partial charge in [-0.05, 0) is 51.0 Å². The number of nitrogens with zero attached hydrogens (tertiary/aromatic N) is 3. The predicted molar refractivity (Wildman–Crippen MR) is 139 cm³/mol. The summed E-state index contributed by atoms with van der Waals surface area (Å²) in [6.45, 7) is 8.95. The molecule has 1 spiro atoms. The van der Waals surface area contributed by atoms with Gasteiger partial charge in [0.05, 0.1) is 23.2 Å². The van der Waals surface area contributed by atoms with Crippen molar-refractivity contribution in [3.8, 4) is 0 Å². The highest BCUT2D eigenvalue weighted by Crippen LogP contribution is 2.47. The number of hydrogen-bond donors (Lipinski definition) is 0. The zero-order valence-electron chi connectivity index (χ0n) is 20.4. The third-order valence-electron chi connectivity index (χ3n) is 6.19. The number of amides is 2. The van der Waals surface area contributed by atoms with Gasteiger partial charge in [-0.15, -0.1) is 23.1 Å². The Hall–Kier alpha value is -2.10. The molecule has 0 unspecified atom stereocenters. The van der Waals surface area contributed by atoms with Crippen molar-refractivity contribution >= 4 is 58.2 Å². The van der Waals surface area contributed by atoms with Crippen LogP contribution in [-0.2, 0) is 31.0 Å². The molecule has 0 aliphatic carbocycles. The first-order valence-electron chi connectivity index (χ1n) is 11.6. The number of thiazole rings is 1. The van der Waals surface area contributed by atoms with Crippen molar-refractivity contribution in [1.82, 2.24) is 9.88 Å². The van der Waals surface area contributed by atoms with Gasteiger partial charge in [-0.2, -0.15) is 0 Å². The molecule has 2 amide bonds. The number of carbonyl (C=O) groups excluding carboxylic acids is 3. The number of hydrogen-bond acceptors (Lipinski definition) is 7. The summed E-state index contributed by atoms with van der Waals surface area (Å²) >= 11 is 9.33. The minimum absolute atomic E-state index is 0.0219. The van der Waals surface area contributed by atoms with E-state index in [4.69, 9.17) is 16.3 Å². The van der Waals surface area contributed by atoms with E-state index in [1.54, 1.807) is 30.9 Å². The van der Waals surface area contributed by atoms with Crippen LogP contribution in [-0.4, -0.2) is 58.7 Å². The molecular formula is C25H30ClN3O4S2. The SMILES string of the molecule is CC(=O)N1CC[C@@]2(C1)CN(C(=O)Cc1ncc(SCCC(=O)OC(C)(C)C)s1)c1ccc(Cl)cc12. The summed E-state index contributed by atoms with van der Waals surface area (Å²) < 4.78 is 6.31. The van der Waals surface area contributed by atoms with Crippen LogP contribution in [0.15, 0.2) is 28.6 Å². The summed E-state index contributed by atoms with van der Waals surface area (Å²) in [4.78, 5) is 45.4. The number of ether oxygens (including phenoxy) is 1. The third kappa shape index (κ3) is 6.01. The maximum atomic E-state index is 13.4. The molecule has 1 aromatic carbocycles. The summed E-state index contributed by atoms with van der Waals surface area (Å²) in [7, 11) is 0. The number of carbonyl (C=O) groups is 3. The lowest BCUT2D eigenvalue weighted by Gasteiger charge is -2.25. The molecule has 10 heteroatoms. The lowest BCUT2D eigenvalue weighted by molar-refractivity contribution is -0.154. The van der Waals surface area contributed by atoms with Crippen LogP contribution >= 0.6 is 34.7 Å². The average molecular weight is 536 g/mol. The highest BCUT2D eigenvalue weighted by atomic mass is 35.5. The molecule has 1 saturated heterocycles. The van der Waals surface area contributed by atoms with E-state index in [2.05, 4.69) is 4.98 Å². The van der Waals surface area contributed by atoms with Gasteiger partial charge in [-0.3, -0.25) is 14.4 Å². The Bertz CT molecular complexity index is 1150. The predicted octanol–water partition coefficient (Wildman–Crippen LogP) is 4.70. The van der Waals surface area contributed by atoms with Crippen molar-refractivity contribution in [2.75, 3.05) is 30.3 Å². The molecule has 2 aromatic rings. The van der Waals surface area contributed by atoms with Gasteiger partial charge in [0.1, 0.15) is 10.6 Å². The molecule has 0 saturated carbocycles. The Morgan fingerprint density at radius 3 is 2.71 bits per heavy atom. The van der Waals surface area contributed by atoms with E-state index in [-0.39, 0.29) is 29.6 Å². The number of esters is 1. The number of fused-ring (bicyclic) bond motifs is 2. The fourth-order valence-corrected chi connectivity index (χ4v) is 6.83. The highest BCUT2D eigenvalue weighted by Gasteiger charge is 2.49. The number of benzene rings is 1. The molecule has 0 radical (unpaired) electrons. The second-order valence-corrected chi connectivity index (χ2v) is 13.0. The minimum Gasteiger partial charge on any atom is -0.460 e. The number of thioether (sulfide) groups is 1. The van der Waals surface area contributed by atoms with Crippen molar-refractivity contribution in [3.63, 3.8) is 0 Å². The standard InChI is InChI=1S/C25H30ClN3O4S2/c1-16(30)28-9-8-25(14-28)15-29(19-6-5-17(26)11-18(19)25)21(31)12-20-27-13-23(35-20)34-10-7-22(32)33-24(2,3)4/h5-6,11,13H,7-10,12,14-15H2,1-4H3/t25-/m1/s1. The lowest BCUT2D eigenvalue weighted by Crippen LogP contribution is -2.40. The third-order valence-corrected chi connectivity index (χ3v) is 8.62. The van der Waals surface area contributed by atoms with E-state index in [0.717, 1.165) is 26.9 Å². The number of halogens is 1. The van der Waals surface area contributed by atoms with Crippen LogP contribution in [0.4, 0.5) is 5.69 Å². The smallest absolute Gasteiger partial charge is 0.307 e. The number of aromatic nitrogens is 1. The maximum Gasteiger partial charge on any atom is 0.307 e. The quantitative estimate of drug-likeness (QED) is 0.394. The largest absolute Gasteiger partial charge is 0.460 e. The van der Waals surface area contributed by atoms with Crippen LogP contribution in [0.25, 0.3) is 0 Å². The Balaban J connectivity index is 1.40. The first kappa shape index (κ1) is 26.0. The fourth-order valence-electron chi connectivity index (χ4n) is 4.65. The molecule has 7 nitrogen and oxygen atoms in total. The van der Waals surface area contributed by atoms with E-state index in [1.165, 1.54) is 11.3 Å². The normalized spacial score (nSPS) is 19.3. The first-order valence-corrected chi connectivity index (χ1v) is 13.8. The topological polar surface area (TPSA) is 79.8 Å². The van der Waals surface area contributed by atoms with Crippen molar-refractivity contribution < 1.29 is 19.1 Å². The number of likely N-dealkylation sites (tertiary alicyclic amines) is 1. The zero-order valence-corrected chi connectivity index (χ0v) is 22.8. The van der Waals surface area contributed by atoms with E-state index < -0.39 is 5.60 Å². The summed E-state index contributed by atoms with van der Waals surface area (Å²) in [5, 5.41) is 1.37. The Morgan fingerprint density at radius 1 is 1.26 bits per heavy atom. The molecule has 3 heterocycles. The summed E-state index contributed by atoms with van der Waals surface area (Å²) in [6, 6.07) is 5.65. The van der Waals surface area contributed by atoms with Crippen molar-refractivity contribution in [2.24, 2.45) is 0 Å². The van der Waals surface area contributed by atoms with Crippen LogP contribution < -0.4 is 4.90 Å². The van der Waals surface area contributed by atoms with Gasteiger partial charge in [-0.1, -0.05) is 11.6 Å². The first-order chi connectivity index (χ1) is 16.5. The number of rotatable bonds is 6. The van der Waals surface area contributed by atoms with Gasteiger partial charge in [0.15, 0.2) is 0 Å². The molecule has 4 rings (SSSR count). The summed E-state index contributed by atoms with van der Waals surface area (Å²) in [5.74, 6) is 0.405. The van der Waals surface area contributed by atoms with Crippen molar-refractivity contribution in [2.45, 2.75) is 62.2 Å². The molecule has 1 aromatic heterocycles. The van der Waals surface area contributed by atoms with Crippen LogP contribution in [0, 0.1) is 0 Å². The van der Waals surface area contributed by atoms with E-state index in [1.807, 2.05) is 42.7 Å². The molecule has 2 aliphatic heterocycles. The molecule has 2 aliphatic rings. The van der Waals surface area contributed by atoms with Crippen LogP contribution in [0.3, 0.4) is 0 Å². The van der Waals surface area contributed by atoms with Crippen molar-refractivity contribution in [1.29, 1.82) is 0 Å². The molecule has 0 bridgehead atoms. The summed E-state index contributed by atoms with van der Waals surface area (Å²) in [5.41, 5.74) is 1.14. The van der Waals surface area contributed by atoms with Gasteiger partial charge in [0.2, 0.25) is 11.8 Å². The molecular weight excluding hydrogens is 506 g/mol. The molecule has 0 N–H and O–H groups in total.